The number of nitro groups is 1. The van der Waals surface area contributed by atoms with Crippen LogP contribution >= 0.6 is 11.3 Å². The maximum absolute atomic E-state index is 13.1. The van der Waals surface area contributed by atoms with Gasteiger partial charge in [0.25, 0.3) is 17.5 Å². The standard InChI is InChI=1S/C20H23N3O4S/c1-12-8-13(2)11-22(10-12)20(25)15-6-4-5-7-16(15)21-19(24)18-9-17(23(26)27)14(3)28-18/h4-7,9,12-13H,8,10-11H2,1-3H3,(H,21,24)/t12-,13+. The van der Waals surface area contributed by atoms with E-state index in [2.05, 4.69) is 19.2 Å². The number of rotatable bonds is 4. The third kappa shape index (κ3) is 4.22. The molecule has 1 aliphatic rings. The molecule has 1 aromatic carbocycles. The van der Waals surface area contributed by atoms with Gasteiger partial charge in [-0.1, -0.05) is 26.0 Å². The van der Waals surface area contributed by atoms with Crippen molar-refractivity contribution >= 4 is 34.5 Å². The fourth-order valence-electron chi connectivity index (χ4n) is 3.73. The Morgan fingerprint density at radius 1 is 1.21 bits per heavy atom. The Hall–Kier alpha value is -2.74. The van der Waals surface area contributed by atoms with E-state index in [9.17, 15) is 19.7 Å². The summed E-state index contributed by atoms with van der Waals surface area (Å²) in [5.74, 6) is 0.303. The van der Waals surface area contributed by atoms with E-state index in [-0.39, 0.29) is 16.5 Å². The molecule has 1 aliphatic heterocycles. The lowest BCUT2D eigenvalue weighted by Crippen LogP contribution is -2.42. The van der Waals surface area contributed by atoms with Gasteiger partial charge in [-0.05, 0) is 37.3 Å². The molecule has 7 nitrogen and oxygen atoms in total. The third-order valence-corrected chi connectivity index (χ3v) is 5.91. The van der Waals surface area contributed by atoms with Crippen molar-refractivity contribution in [3.05, 3.63) is 55.8 Å². The second-order valence-corrected chi connectivity index (χ2v) is 8.72. The number of nitrogens with zero attached hydrogens (tertiary/aromatic N) is 2. The normalized spacial score (nSPS) is 19.3. The summed E-state index contributed by atoms with van der Waals surface area (Å²) in [5.41, 5.74) is 0.771. The zero-order valence-electron chi connectivity index (χ0n) is 16.1. The van der Waals surface area contributed by atoms with Gasteiger partial charge in [-0.15, -0.1) is 11.3 Å². The molecule has 1 aromatic heterocycles. The molecule has 0 unspecified atom stereocenters. The monoisotopic (exact) mass is 401 g/mol. The van der Waals surface area contributed by atoms with Crippen LogP contribution in [-0.2, 0) is 0 Å². The van der Waals surface area contributed by atoms with Crippen LogP contribution in [-0.4, -0.2) is 34.7 Å². The van der Waals surface area contributed by atoms with Gasteiger partial charge in [0.15, 0.2) is 0 Å². The summed E-state index contributed by atoms with van der Waals surface area (Å²) >= 11 is 1.06. The maximum Gasteiger partial charge on any atom is 0.283 e. The minimum absolute atomic E-state index is 0.0733. The second kappa shape index (κ2) is 8.10. The Morgan fingerprint density at radius 2 is 1.86 bits per heavy atom. The number of carbonyl (C=O) groups excluding carboxylic acids is 2. The molecule has 2 heterocycles. The number of nitrogens with one attached hydrogen (secondary N) is 1. The van der Waals surface area contributed by atoms with E-state index in [1.807, 2.05) is 4.90 Å². The molecule has 0 bridgehead atoms. The summed E-state index contributed by atoms with van der Waals surface area (Å²) in [6, 6.07) is 8.16. The van der Waals surface area contributed by atoms with Crippen LogP contribution < -0.4 is 5.32 Å². The van der Waals surface area contributed by atoms with Gasteiger partial charge in [-0.3, -0.25) is 19.7 Å². The number of benzene rings is 1. The van der Waals surface area contributed by atoms with Crippen LogP contribution in [0.25, 0.3) is 0 Å². The zero-order valence-corrected chi connectivity index (χ0v) is 16.9. The lowest BCUT2D eigenvalue weighted by molar-refractivity contribution is -0.385. The molecule has 0 aliphatic carbocycles. The van der Waals surface area contributed by atoms with Crippen molar-refractivity contribution in [3.8, 4) is 0 Å². The highest BCUT2D eigenvalue weighted by Crippen LogP contribution is 2.29. The van der Waals surface area contributed by atoms with Crippen molar-refractivity contribution in [1.82, 2.24) is 4.90 Å². The van der Waals surface area contributed by atoms with Crippen molar-refractivity contribution in [3.63, 3.8) is 0 Å². The maximum atomic E-state index is 13.1. The predicted octanol–water partition coefficient (Wildman–Crippen LogP) is 4.34. The summed E-state index contributed by atoms with van der Waals surface area (Å²) in [4.78, 5) is 38.7. The van der Waals surface area contributed by atoms with E-state index in [0.717, 1.165) is 17.8 Å². The molecule has 8 heteroatoms. The Kier molecular flexibility index (Phi) is 5.79. The second-order valence-electron chi connectivity index (χ2n) is 7.47. The first-order valence-corrected chi connectivity index (χ1v) is 10.0. The number of thiophene rings is 1. The zero-order chi connectivity index (χ0) is 20.4. The summed E-state index contributed by atoms with van der Waals surface area (Å²) in [7, 11) is 0. The number of likely N-dealkylation sites (tertiary alicyclic amines) is 1. The number of carbonyl (C=O) groups is 2. The van der Waals surface area contributed by atoms with Crippen LogP contribution in [0.5, 0.6) is 0 Å². The van der Waals surface area contributed by atoms with Crippen LogP contribution in [0.4, 0.5) is 11.4 Å². The van der Waals surface area contributed by atoms with Gasteiger partial charge < -0.3 is 10.2 Å². The first-order chi connectivity index (χ1) is 13.3. The van der Waals surface area contributed by atoms with Crippen molar-refractivity contribution in [2.45, 2.75) is 27.2 Å². The first kappa shape index (κ1) is 20.0. The third-order valence-electron chi connectivity index (χ3n) is 4.87. The minimum Gasteiger partial charge on any atom is -0.338 e. The van der Waals surface area contributed by atoms with Gasteiger partial charge in [-0.2, -0.15) is 0 Å². The van der Waals surface area contributed by atoms with Crippen LogP contribution in [0, 0.1) is 28.9 Å². The Morgan fingerprint density at radius 3 is 2.46 bits per heavy atom. The van der Waals surface area contributed by atoms with Gasteiger partial charge in [0.1, 0.15) is 0 Å². The molecule has 28 heavy (non-hydrogen) atoms. The molecule has 2 atom stereocenters. The van der Waals surface area contributed by atoms with E-state index in [0.29, 0.717) is 41.1 Å². The molecular weight excluding hydrogens is 378 g/mol. The van der Waals surface area contributed by atoms with Gasteiger partial charge in [0.2, 0.25) is 0 Å². The van der Waals surface area contributed by atoms with E-state index < -0.39 is 10.8 Å². The summed E-state index contributed by atoms with van der Waals surface area (Å²) in [6.07, 6.45) is 1.10. The molecule has 2 aromatic rings. The predicted molar refractivity (Wildman–Crippen MR) is 109 cm³/mol. The highest BCUT2D eigenvalue weighted by Gasteiger charge is 2.28. The summed E-state index contributed by atoms with van der Waals surface area (Å²) < 4.78 is 0. The molecule has 2 amide bonds. The molecular formula is C20H23N3O4S. The van der Waals surface area contributed by atoms with Crippen LogP contribution in [0.1, 0.15) is 45.2 Å². The smallest absolute Gasteiger partial charge is 0.283 e. The topological polar surface area (TPSA) is 92.6 Å². The van der Waals surface area contributed by atoms with E-state index in [4.69, 9.17) is 0 Å². The van der Waals surface area contributed by atoms with E-state index in [1.54, 1.807) is 31.2 Å². The van der Waals surface area contributed by atoms with Crippen LogP contribution in [0.2, 0.25) is 0 Å². The van der Waals surface area contributed by atoms with Gasteiger partial charge in [-0.25, -0.2) is 0 Å². The molecule has 1 saturated heterocycles. The molecule has 3 rings (SSSR count). The average molecular weight is 401 g/mol. The molecule has 0 spiro atoms. The lowest BCUT2D eigenvalue weighted by Gasteiger charge is -2.35. The molecule has 148 valence electrons. The fourth-order valence-corrected chi connectivity index (χ4v) is 4.61. The molecule has 1 N–H and O–H groups in total. The number of para-hydroxylation sites is 1. The number of hydrogen-bond acceptors (Lipinski definition) is 5. The van der Waals surface area contributed by atoms with Crippen LogP contribution in [0.3, 0.4) is 0 Å². The quantitative estimate of drug-likeness (QED) is 0.609. The van der Waals surface area contributed by atoms with Crippen molar-refractivity contribution in [1.29, 1.82) is 0 Å². The van der Waals surface area contributed by atoms with Crippen molar-refractivity contribution in [2.75, 3.05) is 18.4 Å². The number of amides is 2. The molecule has 1 fully saturated rings. The average Bonchev–Trinajstić information content (AvgIpc) is 3.03. The van der Waals surface area contributed by atoms with E-state index in [1.165, 1.54) is 6.07 Å². The summed E-state index contributed by atoms with van der Waals surface area (Å²) in [5, 5.41) is 13.8. The largest absolute Gasteiger partial charge is 0.338 e. The van der Waals surface area contributed by atoms with Crippen LogP contribution in [0.15, 0.2) is 30.3 Å². The number of anilines is 1. The number of piperidine rings is 1. The van der Waals surface area contributed by atoms with Crippen molar-refractivity contribution < 1.29 is 14.5 Å². The highest BCUT2D eigenvalue weighted by atomic mass is 32.1. The Labute approximate surface area is 167 Å². The number of hydrogen-bond donors (Lipinski definition) is 1. The number of aryl methyl sites for hydroxylation is 1. The first-order valence-electron chi connectivity index (χ1n) is 9.20. The molecule has 0 saturated carbocycles. The lowest BCUT2D eigenvalue weighted by atomic mass is 9.91. The Balaban J connectivity index is 1.82. The van der Waals surface area contributed by atoms with Gasteiger partial charge >= 0.3 is 0 Å². The van der Waals surface area contributed by atoms with Gasteiger partial charge in [0.05, 0.1) is 25.9 Å². The highest BCUT2D eigenvalue weighted by molar-refractivity contribution is 7.14. The van der Waals surface area contributed by atoms with Crippen molar-refractivity contribution in [2.24, 2.45) is 11.8 Å². The van der Waals surface area contributed by atoms with E-state index >= 15 is 0 Å². The Bertz CT molecular complexity index is 914. The van der Waals surface area contributed by atoms with Gasteiger partial charge in [0, 0.05) is 19.2 Å². The fraction of sp³-hybridized carbons (Fsp3) is 0.400. The SMILES string of the molecule is Cc1sc(C(=O)Nc2ccccc2C(=O)N2C[C@H](C)C[C@H](C)C2)cc1[N+](=O)[O-]. The minimum atomic E-state index is -0.501. The summed E-state index contributed by atoms with van der Waals surface area (Å²) in [6.45, 7) is 7.27. The molecule has 0 radical (unpaired) electrons.